The molecule has 0 aliphatic rings. The van der Waals surface area contributed by atoms with Gasteiger partial charge in [0.25, 0.3) is 0 Å². The fraction of sp³-hybridized carbons (Fsp3) is 0.172. The number of ether oxygens (including phenoxy) is 2. The van der Waals surface area contributed by atoms with Crippen LogP contribution in [0.5, 0.6) is 11.5 Å². The van der Waals surface area contributed by atoms with E-state index in [0.717, 1.165) is 44.9 Å². The summed E-state index contributed by atoms with van der Waals surface area (Å²) in [6.45, 7) is 6.81. The van der Waals surface area contributed by atoms with E-state index in [-0.39, 0.29) is 0 Å². The van der Waals surface area contributed by atoms with Crippen molar-refractivity contribution in [2.24, 2.45) is 0 Å². The lowest BCUT2D eigenvalue weighted by atomic mass is 9.93. The highest BCUT2D eigenvalue weighted by atomic mass is 16.5. The largest absolute Gasteiger partial charge is 0.495 e. The Labute approximate surface area is 185 Å². The lowest BCUT2D eigenvalue weighted by Crippen LogP contribution is -2.02. The molecule has 0 saturated heterocycles. The van der Waals surface area contributed by atoms with Crippen LogP contribution in [0.4, 0.5) is 0 Å². The summed E-state index contributed by atoms with van der Waals surface area (Å²) in [6.07, 6.45) is 0. The van der Waals surface area contributed by atoms with Gasteiger partial charge in [-0.1, -0.05) is 90.0 Å². The molecule has 2 heteroatoms. The molecule has 0 unspecified atom stereocenters. The molecule has 0 heterocycles. The maximum absolute atomic E-state index is 6.41. The van der Waals surface area contributed by atoms with Crippen LogP contribution in [0.15, 0.2) is 84.9 Å². The number of benzene rings is 4. The van der Waals surface area contributed by atoms with Gasteiger partial charge in [-0.05, 0) is 49.1 Å². The van der Waals surface area contributed by atoms with Gasteiger partial charge in [0.1, 0.15) is 18.1 Å². The van der Waals surface area contributed by atoms with Crippen LogP contribution in [0.25, 0.3) is 22.3 Å². The van der Waals surface area contributed by atoms with Gasteiger partial charge in [-0.25, -0.2) is 0 Å². The Hall–Kier alpha value is -3.52. The van der Waals surface area contributed by atoms with Crippen LogP contribution in [0.2, 0.25) is 0 Å². The van der Waals surface area contributed by atoms with E-state index in [1.165, 1.54) is 11.1 Å². The van der Waals surface area contributed by atoms with Gasteiger partial charge in [-0.15, -0.1) is 0 Å². The first kappa shape index (κ1) is 20.7. The first-order valence-corrected chi connectivity index (χ1v) is 10.6. The lowest BCUT2D eigenvalue weighted by Gasteiger charge is -2.21. The summed E-state index contributed by atoms with van der Waals surface area (Å²) in [5.74, 6) is 1.70. The average Bonchev–Trinajstić information content (AvgIpc) is 2.79. The zero-order valence-corrected chi connectivity index (χ0v) is 18.6. The minimum atomic E-state index is 0.508. The predicted octanol–water partition coefficient (Wildman–Crippen LogP) is 7.53. The van der Waals surface area contributed by atoms with Crippen LogP contribution in [-0.4, -0.2) is 7.11 Å². The summed E-state index contributed by atoms with van der Waals surface area (Å²) in [4.78, 5) is 0. The minimum absolute atomic E-state index is 0.508. The first-order valence-electron chi connectivity index (χ1n) is 10.6. The molecule has 0 amide bonds. The number of aryl methyl sites for hydroxylation is 3. The highest BCUT2D eigenvalue weighted by Crippen LogP contribution is 2.47. The first-order chi connectivity index (χ1) is 15.1. The number of rotatable bonds is 6. The summed E-state index contributed by atoms with van der Waals surface area (Å²) in [6, 6.07) is 29.5. The molecule has 4 rings (SSSR count). The van der Waals surface area contributed by atoms with Crippen molar-refractivity contribution in [1.82, 2.24) is 0 Å². The molecule has 2 nitrogen and oxygen atoms in total. The van der Waals surface area contributed by atoms with E-state index in [1.807, 2.05) is 18.2 Å². The predicted molar refractivity (Wildman–Crippen MR) is 129 cm³/mol. The molecular formula is C29H28O2. The van der Waals surface area contributed by atoms with E-state index in [9.17, 15) is 0 Å². The summed E-state index contributed by atoms with van der Waals surface area (Å²) >= 11 is 0. The minimum Gasteiger partial charge on any atom is -0.495 e. The molecule has 31 heavy (non-hydrogen) atoms. The Morgan fingerprint density at radius 2 is 1.23 bits per heavy atom. The lowest BCUT2D eigenvalue weighted by molar-refractivity contribution is 0.303. The third kappa shape index (κ3) is 4.49. The van der Waals surface area contributed by atoms with Crippen LogP contribution in [0.3, 0.4) is 0 Å². The smallest absolute Gasteiger partial charge is 0.138 e. The van der Waals surface area contributed by atoms with Crippen LogP contribution >= 0.6 is 0 Å². The van der Waals surface area contributed by atoms with Crippen LogP contribution in [-0.2, 0) is 6.61 Å². The summed E-state index contributed by atoms with van der Waals surface area (Å²) in [5, 5.41) is 0. The average molecular weight is 409 g/mol. The fourth-order valence-corrected chi connectivity index (χ4v) is 3.84. The summed E-state index contributed by atoms with van der Waals surface area (Å²) < 4.78 is 12.4. The van der Waals surface area contributed by atoms with Gasteiger partial charge in [-0.3, -0.25) is 0 Å². The third-order valence-corrected chi connectivity index (χ3v) is 5.55. The quantitative estimate of drug-likeness (QED) is 0.328. The highest BCUT2D eigenvalue weighted by molar-refractivity contribution is 5.88. The number of hydrogen-bond acceptors (Lipinski definition) is 2. The summed E-state index contributed by atoms with van der Waals surface area (Å²) in [5.41, 5.74) is 8.97. The van der Waals surface area contributed by atoms with Gasteiger partial charge in [0, 0.05) is 5.56 Å². The van der Waals surface area contributed by atoms with Crippen molar-refractivity contribution in [3.8, 4) is 33.8 Å². The fourth-order valence-electron chi connectivity index (χ4n) is 3.84. The van der Waals surface area contributed by atoms with E-state index in [1.54, 1.807) is 7.11 Å². The van der Waals surface area contributed by atoms with Gasteiger partial charge in [0.05, 0.1) is 12.7 Å². The van der Waals surface area contributed by atoms with Crippen LogP contribution < -0.4 is 9.47 Å². The third-order valence-electron chi connectivity index (χ3n) is 5.55. The molecular weight excluding hydrogens is 380 g/mol. The van der Waals surface area contributed by atoms with Crippen molar-refractivity contribution in [2.75, 3.05) is 7.11 Å². The zero-order chi connectivity index (χ0) is 21.8. The zero-order valence-electron chi connectivity index (χ0n) is 18.6. The van der Waals surface area contributed by atoms with Crippen molar-refractivity contribution in [3.63, 3.8) is 0 Å². The molecule has 4 aromatic rings. The monoisotopic (exact) mass is 408 g/mol. The molecule has 0 spiro atoms. The maximum atomic E-state index is 6.41. The topological polar surface area (TPSA) is 18.5 Å². The van der Waals surface area contributed by atoms with E-state index in [2.05, 4.69) is 87.5 Å². The standard InChI is InChI=1S/C29H28O2/c1-20-10-14-24(15-11-20)26-18-22(3)28(31-19-23-8-6-5-7-9-23)27(29(26)30-4)25-16-12-21(2)13-17-25/h5-18H,19H2,1-4H3. The Bertz CT molecular complexity index is 1160. The molecule has 0 saturated carbocycles. The molecule has 0 aromatic heterocycles. The van der Waals surface area contributed by atoms with Crippen LogP contribution in [0.1, 0.15) is 22.3 Å². The molecule has 4 aromatic carbocycles. The Morgan fingerprint density at radius 3 is 1.81 bits per heavy atom. The highest BCUT2D eigenvalue weighted by Gasteiger charge is 2.21. The summed E-state index contributed by atoms with van der Waals surface area (Å²) in [7, 11) is 1.74. The van der Waals surface area contributed by atoms with Gasteiger partial charge in [-0.2, -0.15) is 0 Å². The van der Waals surface area contributed by atoms with E-state index < -0.39 is 0 Å². The molecule has 0 atom stereocenters. The SMILES string of the molecule is COc1c(-c2ccc(C)cc2)cc(C)c(OCc2ccccc2)c1-c1ccc(C)cc1. The van der Waals surface area contributed by atoms with Crippen molar-refractivity contribution >= 4 is 0 Å². The van der Waals surface area contributed by atoms with Crippen molar-refractivity contribution < 1.29 is 9.47 Å². The van der Waals surface area contributed by atoms with Gasteiger partial charge in [0.2, 0.25) is 0 Å². The maximum Gasteiger partial charge on any atom is 0.138 e. The van der Waals surface area contributed by atoms with Crippen molar-refractivity contribution in [3.05, 3.63) is 107 Å². The second kappa shape index (κ2) is 9.09. The van der Waals surface area contributed by atoms with Crippen molar-refractivity contribution in [1.29, 1.82) is 0 Å². The number of methoxy groups -OCH3 is 1. The number of hydrogen-bond donors (Lipinski definition) is 0. The Morgan fingerprint density at radius 1 is 0.645 bits per heavy atom. The molecule has 0 bridgehead atoms. The molecule has 0 N–H and O–H groups in total. The van der Waals surface area contributed by atoms with Crippen molar-refractivity contribution in [2.45, 2.75) is 27.4 Å². The normalized spacial score (nSPS) is 10.7. The van der Waals surface area contributed by atoms with Crippen LogP contribution in [0, 0.1) is 20.8 Å². The second-order valence-corrected chi connectivity index (χ2v) is 7.98. The molecule has 0 radical (unpaired) electrons. The Kier molecular flexibility index (Phi) is 6.08. The second-order valence-electron chi connectivity index (χ2n) is 7.98. The van der Waals surface area contributed by atoms with Gasteiger partial charge < -0.3 is 9.47 Å². The molecule has 0 aliphatic heterocycles. The van der Waals surface area contributed by atoms with E-state index >= 15 is 0 Å². The van der Waals surface area contributed by atoms with E-state index in [0.29, 0.717) is 6.61 Å². The van der Waals surface area contributed by atoms with Gasteiger partial charge in [0.15, 0.2) is 0 Å². The van der Waals surface area contributed by atoms with E-state index in [4.69, 9.17) is 9.47 Å². The molecule has 156 valence electrons. The Balaban J connectivity index is 1.89. The molecule has 0 aliphatic carbocycles. The molecule has 0 fully saturated rings. The van der Waals surface area contributed by atoms with Gasteiger partial charge >= 0.3 is 0 Å².